The first-order valence-electron chi connectivity index (χ1n) is 7.15. The van der Waals surface area contributed by atoms with Crippen LogP contribution >= 0.6 is 11.6 Å². The molecule has 0 N–H and O–H groups in total. The lowest BCUT2D eigenvalue weighted by Gasteiger charge is -2.17. The van der Waals surface area contributed by atoms with Gasteiger partial charge in [0.2, 0.25) is 0 Å². The highest BCUT2D eigenvalue weighted by Crippen LogP contribution is 2.11. The van der Waals surface area contributed by atoms with E-state index in [0.717, 1.165) is 5.56 Å². The van der Waals surface area contributed by atoms with E-state index >= 15 is 0 Å². The van der Waals surface area contributed by atoms with Crippen LogP contribution in [-0.4, -0.2) is 30.4 Å². The first-order chi connectivity index (χ1) is 11.5. The van der Waals surface area contributed by atoms with Gasteiger partial charge in [-0.05, 0) is 35.9 Å². The van der Waals surface area contributed by atoms with E-state index in [-0.39, 0.29) is 18.1 Å². The van der Waals surface area contributed by atoms with Crippen LogP contribution in [0.5, 0.6) is 0 Å². The predicted octanol–water partition coefficient (Wildman–Crippen LogP) is 3.03. The van der Waals surface area contributed by atoms with E-state index in [1.54, 1.807) is 31.3 Å². The molecule has 0 bridgehead atoms. The Morgan fingerprint density at radius 1 is 1.21 bits per heavy atom. The summed E-state index contributed by atoms with van der Waals surface area (Å²) in [7, 11) is 1.63. The van der Waals surface area contributed by atoms with E-state index in [1.807, 2.05) is 18.2 Å². The third-order valence-corrected chi connectivity index (χ3v) is 3.56. The van der Waals surface area contributed by atoms with E-state index in [4.69, 9.17) is 21.6 Å². The maximum absolute atomic E-state index is 12.0. The highest BCUT2D eigenvalue weighted by Gasteiger charge is 2.14. The zero-order valence-corrected chi connectivity index (χ0v) is 13.8. The quantitative estimate of drug-likeness (QED) is 0.783. The smallest absolute Gasteiger partial charge is 0.338 e. The largest absolute Gasteiger partial charge is 0.452 e. The molecule has 122 valence electrons. The summed E-state index contributed by atoms with van der Waals surface area (Å²) in [6.45, 7) is 0.0250. The molecule has 0 saturated heterocycles. The number of esters is 1. The van der Waals surface area contributed by atoms with E-state index in [9.17, 15) is 9.59 Å². The Kier molecular flexibility index (Phi) is 5.94. The number of nitrogens with zero attached hydrogens (tertiary/aromatic N) is 2. The molecule has 0 aliphatic carbocycles. The molecule has 2 aromatic carbocycles. The number of rotatable bonds is 5. The van der Waals surface area contributed by atoms with Crippen LogP contribution in [0.4, 0.5) is 0 Å². The van der Waals surface area contributed by atoms with Gasteiger partial charge in [0.25, 0.3) is 5.91 Å². The summed E-state index contributed by atoms with van der Waals surface area (Å²) in [6, 6.07) is 15.2. The van der Waals surface area contributed by atoms with Crippen LogP contribution in [0.2, 0.25) is 5.02 Å². The van der Waals surface area contributed by atoms with E-state index in [1.165, 1.54) is 17.0 Å². The Labute approximate surface area is 145 Å². The van der Waals surface area contributed by atoms with Gasteiger partial charge in [-0.3, -0.25) is 4.79 Å². The van der Waals surface area contributed by atoms with Crippen molar-refractivity contribution in [2.45, 2.75) is 6.54 Å². The SMILES string of the molecule is CN(Cc1ccc(Cl)cc1)C(=O)COC(=O)c1cccc(C#N)c1. The van der Waals surface area contributed by atoms with Gasteiger partial charge >= 0.3 is 5.97 Å². The van der Waals surface area contributed by atoms with E-state index in [2.05, 4.69) is 0 Å². The van der Waals surface area contributed by atoms with Gasteiger partial charge in [0.15, 0.2) is 6.61 Å². The van der Waals surface area contributed by atoms with Gasteiger partial charge < -0.3 is 9.64 Å². The molecule has 0 spiro atoms. The summed E-state index contributed by atoms with van der Waals surface area (Å²) in [6.07, 6.45) is 0. The highest BCUT2D eigenvalue weighted by atomic mass is 35.5. The van der Waals surface area contributed by atoms with Crippen molar-refractivity contribution >= 4 is 23.5 Å². The number of carbonyl (C=O) groups excluding carboxylic acids is 2. The molecule has 24 heavy (non-hydrogen) atoms. The second-order valence-corrected chi connectivity index (χ2v) is 5.58. The fourth-order valence-corrected chi connectivity index (χ4v) is 2.11. The Morgan fingerprint density at radius 3 is 2.58 bits per heavy atom. The zero-order chi connectivity index (χ0) is 17.5. The van der Waals surface area contributed by atoms with Crippen molar-refractivity contribution in [3.63, 3.8) is 0 Å². The average molecular weight is 343 g/mol. The van der Waals surface area contributed by atoms with Gasteiger partial charge in [-0.25, -0.2) is 4.79 Å². The van der Waals surface area contributed by atoms with Crippen molar-refractivity contribution in [1.82, 2.24) is 4.90 Å². The molecule has 0 saturated carbocycles. The van der Waals surface area contributed by atoms with Crippen LogP contribution in [0.25, 0.3) is 0 Å². The second-order valence-electron chi connectivity index (χ2n) is 5.15. The van der Waals surface area contributed by atoms with Gasteiger partial charge in [-0.2, -0.15) is 5.26 Å². The van der Waals surface area contributed by atoms with E-state index in [0.29, 0.717) is 17.1 Å². The molecule has 5 nitrogen and oxygen atoms in total. The maximum Gasteiger partial charge on any atom is 0.338 e. The number of carbonyl (C=O) groups is 2. The van der Waals surface area contributed by atoms with Crippen LogP contribution in [0.15, 0.2) is 48.5 Å². The highest BCUT2D eigenvalue weighted by molar-refractivity contribution is 6.30. The zero-order valence-electron chi connectivity index (χ0n) is 13.0. The summed E-state index contributed by atoms with van der Waals surface area (Å²) in [5.74, 6) is -0.963. The molecule has 0 radical (unpaired) electrons. The van der Waals surface area contributed by atoms with Crippen LogP contribution < -0.4 is 0 Å². The Balaban J connectivity index is 1.88. The summed E-state index contributed by atoms with van der Waals surface area (Å²) >= 11 is 5.82. The summed E-state index contributed by atoms with van der Waals surface area (Å²) in [5.41, 5.74) is 1.51. The van der Waals surface area contributed by atoms with Gasteiger partial charge in [-0.1, -0.05) is 29.8 Å². The van der Waals surface area contributed by atoms with Gasteiger partial charge in [-0.15, -0.1) is 0 Å². The van der Waals surface area contributed by atoms with Crippen molar-refractivity contribution in [1.29, 1.82) is 5.26 Å². The lowest BCUT2D eigenvalue weighted by Crippen LogP contribution is -2.30. The lowest BCUT2D eigenvalue weighted by atomic mass is 10.1. The summed E-state index contributed by atoms with van der Waals surface area (Å²) < 4.78 is 5.01. The van der Waals surface area contributed by atoms with Crippen molar-refractivity contribution < 1.29 is 14.3 Å². The molecule has 6 heteroatoms. The first-order valence-corrected chi connectivity index (χ1v) is 7.53. The minimum atomic E-state index is -0.639. The molecular formula is C18H15ClN2O3. The first kappa shape index (κ1) is 17.5. The number of benzene rings is 2. The van der Waals surface area contributed by atoms with Crippen molar-refractivity contribution in [3.8, 4) is 6.07 Å². The fourth-order valence-electron chi connectivity index (χ4n) is 1.99. The Bertz CT molecular complexity index is 782. The maximum atomic E-state index is 12.0. The second kappa shape index (κ2) is 8.14. The third-order valence-electron chi connectivity index (χ3n) is 3.31. The minimum Gasteiger partial charge on any atom is -0.452 e. The van der Waals surface area contributed by atoms with Crippen LogP contribution in [0.1, 0.15) is 21.5 Å². The van der Waals surface area contributed by atoms with Gasteiger partial charge in [0.1, 0.15) is 0 Å². The number of hydrogen-bond acceptors (Lipinski definition) is 4. The molecule has 0 aliphatic heterocycles. The molecule has 1 amide bonds. The van der Waals surface area contributed by atoms with Crippen LogP contribution in [-0.2, 0) is 16.1 Å². The Hall–Kier alpha value is -2.84. The molecule has 0 heterocycles. The Morgan fingerprint density at radius 2 is 1.92 bits per heavy atom. The molecule has 0 unspecified atom stereocenters. The molecule has 0 atom stereocenters. The number of hydrogen-bond donors (Lipinski definition) is 0. The number of ether oxygens (including phenoxy) is 1. The predicted molar refractivity (Wildman–Crippen MR) is 89.4 cm³/mol. The topological polar surface area (TPSA) is 70.4 Å². The van der Waals surface area contributed by atoms with Gasteiger partial charge in [0.05, 0.1) is 17.2 Å². The molecule has 0 aliphatic rings. The standard InChI is InChI=1S/C18H15ClN2O3/c1-21(11-13-5-7-16(19)8-6-13)17(22)12-24-18(23)15-4-2-3-14(9-15)10-20/h2-9H,11-12H2,1H3. The number of nitriles is 1. The molecule has 0 aromatic heterocycles. The lowest BCUT2D eigenvalue weighted by molar-refractivity contribution is -0.133. The van der Waals surface area contributed by atoms with Gasteiger partial charge in [0, 0.05) is 18.6 Å². The third kappa shape index (κ3) is 4.83. The molecule has 2 rings (SSSR count). The summed E-state index contributed by atoms with van der Waals surface area (Å²) in [4.78, 5) is 25.4. The minimum absolute atomic E-state index is 0.238. The number of likely N-dealkylation sites (N-methyl/N-ethyl adjacent to an activating group) is 1. The van der Waals surface area contributed by atoms with Crippen molar-refractivity contribution in [3.05, 3.63) is 70.2 Å². The number of halogens is 1. The monoisotopic (exact) mass is 342 g/mol. The summed E-state index contributed by atoms with van der Waals surface area (Å²) in [5, 5.41) is 9.45. The van der Waals surface area contributed by atoms with Crippen LogP contribution in [0.3, 0.4) is 0 Å². The fraction of sp³-hybridized carbons (Fsp3) is 0.167. The van der Waals surface area contributed by atoms with Crippen LogP contribution in [0, 0.1) is 11.3 Å². The molecule has 2 aromatic rings. The van der Waals surface area contributed by atoms with Crippen molar-refractivity contribution in [2.75, 3.05) is 13.7 Å². The average Bonchev–Trinajstić information content (AvgIpc) is 2.61. The molecular weight excluding hydrogens is 328 g/mol. The number of amides is 1. The van der Waals surface area contributed by atoms with Crippen molar-refractivity contribution in [2.24, 2.45) is 0 Å². The van der Waals surface area contributed by atoms with E-state index < -0.39 is 5.97 Å². The molecule has 0 fully saturated rings. The normalized spacial score (nSPS) is 9.88.